The summed E-state index contributed by atoms with van der Waals surface area (Å²) in [6.45, 7) is 3.00. The average Bonchev–Trinajstić information content (AvgIpc) is 3.09. The molecule has 2 aromatic carbocycles. The van der Waals surface area contributed by atoms with Crippen LogP contribution >= 0.6 is 0 Å². The molecule has 0 saturated carbocycles. The molecule has 3 rings (SSSR count). The molecule has 0 saturated heterocycles. The smallest absolute Gasteiger partial charge is 0.257 e. The van der Waals surface area contributed by atoms with Gasteiger partial charge >= 0.3 is 0 Å². The van der Waals surface area contributed by atoms with Crippen LogP contribution in [0.2, 0.25) is 0 Å². The maximum atomic E-state index is 13.2. The standard InChI is InChI=1S/C21H21FN2O4/c1-14-19(20(24-28-14)16-5-7-17(22)8-6-16)21(25)23-13-15-3-9-18(10-4-15)27-12-11-26-2/h3-10H,11-13H2,1-2H3,(H,23,25). The molecule has 0 atom stereocenters. The van der Waals surface area contributed by atoms with Crippen molar-refractivity contribution in [1.29, 1.82) is 0 Å². The van der Waals surface area contributed by atoms with Gasteiger partial charge in [-0.15, -0.1) is 0 Å². The van der Waals surface area contributed by atoms with E-state index >= 15 is 0 Å². The maximum Gasteiger partial charge on any atom is 0.257 e. The van der Waals surface area contributed by atoms with Gasteiger partial charge in [0.25, 0.3) is 5.91 Å². The third-order valence-corrected chi connectivity index (χ3v) is 4.14. The van der Waals surface area contributed by atoms with E-state index in [1.165, 1.54) is 12.1 Å². The van der Waals surface area contributed by atoms with Crippen molar-refractivity contribution in [2.45, 2.75) is 13.5 Å². The van der Waals surface area contributed by atoms with Crippen LogP contribution in [0.3, 0.4) is 0 Å². The first-order valence-electron chi connectivity index (χ1n) is 8.79. The SMILES string of the molecule is COCCOc1ccc(CNC(=O)c2c(-c3ccc(F)cc3)noc2C)cc1. The molecule has 0 aliphatic heterocycles. The van der Waals surface area contributed by atoms with Crippen LogP contribution in [0, 0.1) is 12.7 Å². The summed E-state index contributed by atoms with van der Waals surface area (Å²) in [6.07, 6.45) is 0. The topological polar surface area (TPSA) is 73.6 Å². The number of rotatable bonds is 8. The summed E-state index contributed by atoms with van der Waals surface area (Å²) in [4.78, 5) is 12.7. The zero-order chi connectivity index (χ0) is 19.9. The number of nitrogens with one attached hydrogen (secondary N) is 1. The second-order valence-electron chi connectivity index (χ2n) is 6.14. The minimum Gasteiger partial charge on any atom is -0.491 e. The lowest BCUT2D eigenvalue weighted by Gasteiger charge is -2.08. The number of halogens is 1. The fraction of sp³-hybridized carbons (Fsp3) is 0.238. The fourth-order valence-corrected chi connectivity index (χ4v) is 2.66. The van der Waals surface area contributed by atoms with Crippen LogP contribution in [0.4, 0.5) is 4.39 Å². The lowest BCUT2D eigenvalue weighted by Crippen LogP contribution is -2.23. The monoisotopic (exact) mass is 384 g/mol. The summed E-state index contributed by atoms with van der Waals surface area (Å²) in [7, 11) is 1.62. The number of aromatic nitrogens is 1. The Labute approximate surface area is 162 Å². The Kier molecular flexibility index (Phi) is 6.39. The molecule has 0 radical (unpaired) electrons. The van der Waals surface area contributed by atoms with Gasteiger partial charge < -0.3 is 19.3 Å². The zero-order valence-electron chi connectivity index (χ0n) is 15.7. The second kappa shape index (κ2) is 9.14. The number of hydrogen-bond donors (Lipinski definition) is 1. The molecule has 1 aromatic heterocycles. The van der Waals surface area contributed by atoms with E-state index in [0.29, 0.717) is 42.3 Å². The van der Waals surface area contributed by atoms with Crippen molar-refractivity contribution in [3.05, 3.63) is 71.2 Å². The number of nitrogens with zero attached hydrogens (tertiary/aromatic N) is 1. The average molecular weight is 384 g/mol. The summed E-state index contributed by atoms with van der Waals surface area (Å²) in [5.74, 6) is 0.474. The molecule has 0 aliphatic carbocycles. The molecule has 0 aliphatic rings. The summed E-state index contributed by atoms with van der Waals surface area (Å²) in [5.41, 5.74) is 2.26. The van der Waals surface area contributed by atoms with E-state index in [2.05, 4.69) is 10.5 Å². The molecule has 7 heteroatoms. The Balaban J connectivity index is 1.65. The van der Waals surface area contributed by atoms with Crippen LogP contribution in [0.25, 0.3) is 11.3 Å². The second-order valence-corrected chi connectivity index (χ2v) is 6.14. The van der Waals surface area contributed by atoms with Crippen molar-refractivity contribution in [2.75, 3.05) is 20.3 Å². The molecular weight excluding hydrogens is 363 g/mol. The molecule has 1 N–H and O–H groups in total. The molecular formula is C21H21FN2O4. The molecule has 1 heterocycles. The van der Waals surface area contributed by atoms with Crippen molar-refractivity contribution < 1.29 is 23.2 Å². The summed E-state index contributed by atoms with van der Waals surface area (Å²) < 4.78 is 28.8. The summed E-state index contributed by atoms with van der Waals surface area (Å²) >= 11 is 0. The van der Waals surface area contributed by atoms with Crippen molar-refractivity contribution >= 4 is 5.91 Å². The predicted molar refractivity (Wildman–Crippen MR) is 102 cm³/mol. The number of carbonyl (C=O) groups excluding carboxylic acids is 1. The minimum atomic E-state index is -0.357. The quantitative estimate of drug-likeness (QED) is 0.599. The van der Waals surface area contributed by atoms with Gasteiger partial charge in [-0.05, 0) is 48.9 Å². The molecule has 146 valence electrons. The third-order valence-electron chi connectivity index (χ3n) is 4.14. The Morgan fingerprint density at radius 3 is 2.50 bits per heavy atom. The highest BCUT2D eigenvalue weighted by atomic mass is 19.1. The van der Waals surface area contributed by atoms with E-state index in [1.54, 1.807) is 26.2 Å². The van der Waals surface area contributed by atoms with E-state index in [4.69, 9.17) is 14.0 Å². The van der Waals surface area contributed by atoms with Gasteiger partial charge in [0.05, 0.1) is 6.61 Å². The highest BCUT2D eigenvalue weighted by Gasteiger charge is 2.21. The van der Waals surface area contributed by atoms with Crippen LogP contribution < -0.4 is 10.1 Å². The van der Waals surface area contributed by atoms with Crippen LogP contribution in [-0.4, -0.2) is 31.4 Å². The van der Waals surface area contributed by atoms with Crippen LogP contribution in [0.15, 0.2) is 53.1 Å². The fourth-order valence-electron chi connectivity index (χ4n) is 2.66. The highest BCUT2D eigenvalue weighted by Crippen LogP contribution is 2.25. The van der Waals surface area contributed by atoms with Crippen LogP contribution in [-0.2, 0) is 11.3 Å². The van der Waals surface area contributed by atoms with Crippen LogP contribution in [0.5, 0.6) is 5.75 Å². The van der Waals surface area contributed by atoms with Gasteiger partial charge in [0.1, 0.15) is 35.2 Å². The number of benzene rings is 2. The largest absolute Gasteiger partial charge is 0.491 e. The number of hydrogen-bond acceptors (Lipinski definition) is 5. The summed E-state index contributed by atoms with van der Waals surface area (Å²) in [5, 5.41) is 6.82. The van der Waals surface area contributed by atoms with Crippen molar-refractivity contribution in [2.24, 2.45) is 0 Å². The molecule has 6 nitrogen and oxygen atoms in total. The van der Waals surface area contributed by atoms with E-state index in [9.17, 15) is 9.18 Å². The zero-order valence-corrected chi connectivity index (χ0v) is 15.7. The van der Waals surface area contributed by atoms with E-state index in [-0.39, 0.29) is 11.7 Å². The Morgan fingerprint density at radius 2 is 1.82 bits per heavy atom. The lowest BCUT2D eigenvalue weighted by atomic mass is 10.1. The van der Waals surface area contributed by atoms with E-state index in [0.717, 1.165) is 11.3 Å². The molecule has 28 heavy (non-hydrogen) atoms. The van der Waals surface area contributed by atoms with E-state index < -0.39 is 0 Å². The van der Waals surface area contributed by atoms with Crippen molar-refractivity contribution in [3.8, 4) is 17.0 Å². The Morgan fingerprint density at radius 1 is 1.11 bits per heavy atom. The molecule has 0 unspecified atom stereocenters. The normalized spacial score (nSPS) is 10.7. The molecule has 0 bridgehead atoms. The van der Waals surface area contributed by atoms with Crippen LogP contribution in [0.1, 0.15) is 21.7 Å². The number of ether oxygens (including phenoxy) is 2. The van der Waals surface area contributed by atoms with Crippen molar-refractivity contribution in [1.82, 2.24) is 10.5 Å². The number of methoxy groups -OCH3 is 1. The van der Waals surface area contributed by atoms with Crippen molar-refractivity contribution in [3.63, 3.8) is 0 Å². The van der Waals surface area contributed by atoms with Gasteiger partial charge in [-0.3, -0.25) is 4.79 Å². The third kappa shape index (κ3) is 4.75. The molecule has 0 spiro atoms. The summed E-state index contributed by atoms with van der Waals surface area (Å²) in [6, 6.07) is 13.2. The number of amides is 1. The first kappa shape index (κ1) is 19.6. The Hall–Kier alpha value is -3.19. The van der Waals surface area contributed by atoms with Gasteiger partial charge in [0.2, 0.25) is 0 Å². The predicted octanol–water partition coefficient (Wildman–Crippen LogP) is 3.74. The minimum absolute atomic E-state index is 0.307. The van der Waals surface area contributed by atoms with Gasteiger partial charge in [-0.1, -0.05) is 17.3 Å². The highest BCUT2D eigenvalue weighted by molar-refractivity contribution is 6.00. The van der Waals surface area contributed by atoms with E-state index in [1.807, 2.05) is 24.3 Å². The molecule has 3 aromatic rings. The number of carbonyl (C=O) groups is 1. The molecule has 1 amide bonds. The van der Waals surface area contributed by atoms with Gasteiger partial charge in [0.15, 0.2) is 0 Å². The first-order valence-corrected chi connectivity index (χ1v) is 8.79. The van der Waals surface area contributed by atoms with Gasteiger partial charge in [-0.25, -0.2) is 4.39 Å². The van der Waals surface area contributed by atoms with Gasteiger partial charge in [-0.2, -0.15) is 0 Å². The Bertz CT molecular complexity index is 921. The lowest BCUT2D eigenvalue weighted by molar-refractivity contribution is 0.0950. The van der Waals surface area contributed by atoms with Gasteiger partial charge in [0, 0.05) is 19.2 Å². The molecule has 0 fully saturated rings. The number of aryl methyl sites for hydroxylation is 1. The maximum absolute atomic E-state index is 13.2. The first-order chi connectivity index (χ1) is 13.6.